The van der Waals surface area contributed by atoms with Gasteiger partial charge < -0.3 is 14.9 Å². The predicted molar refractivity (Wildman–Crippen MR) is 68.9 cm³/mol. The van der Waals surface area contributed by atoms with Crippen LogP contribution in [-0.2, 0) is 12.8 Å². The lowest BCUT2D eigenvalue weighted by molar-refractivity contribution is 0.304. The average molecular weight is 238 g/mol. The molecule has 0 atom stereocenters. The SMILES string of the molecule is CCCc1cc(O)c(O)c(OCC)c1CCC. The summed E-state index contributed by atoms with van der Waals surface area (Å²) < 4.78 is 5.48. The molecule has 0 spiro atoms. The van der Waals surface area contributed by atoms with E-state index in [0.717, 1.165) is 36.8 Å². The highest BCUT2D eigenvalue weighted by Crippen LogP contribution is 2.41. The number of hydrogen-bond acceptors (Lipinski definition) is 3. The second-order valence-corrected chi connectivity index (χ2v) is 4.14. The number of aryl methyl sites for hydroxylation is 1. The van der Waals surface area contributed by atoms with E-state index in [0.29, 0.717) is 12.4 Å². The predicted octanol–water partition coefficient (Wildman–Crippen LogP) is 3.40. The third kappa shape index (κ3) is 3.05. The third-order valence-electron chi connectivity index (χ3n) is 2.74. The molecule has 0 aliphatic carbocycles. The maximum absolute atomic E-state index is 9.85. The van der Waals surface area contributed by atoms with E-state index in [1.807, 2.05) is 6.92 Å². The molecule has 0 fully saturated rings. The van der Waals surface area contributed by atoms with Gasteiger partial charge in [0.1, 0.15) is 0 Å². The second-order valence-electron chi connectivity index (χ2n) is 4.14. The summed E-state index contributed by atoms with van der Waals surface area (Å²) in [6.07, 6.45) is 3.75. The average Bonchev–Trinajstić information content (AvgIpc) is 2.30. The van der Waals surface area contributed by atoms with Crippen LogP contribution in [0.15, 0.2) is 6.07 Å². The molecule has 0 aliphatic heterocycles. The fourth-order valence-electron chi connectivity index (χ4n) is 2.04. The van der Waals surface area contributed by atoms with Gasteiger partial charge in [-0.3, -0.25) is 0 Å². The minimum Gasteiger partial charge on any atom is -0.504 e. The molecule has 0 unspecified atom stereocenters. The number of phenols is 2. The summed E-state index contributed by atoms with van der Waals surface area (Å²) in [6, 6.07) is 1.66. The Kier molecular flexibility index (Phi) is 5.13. The molecule has 1 aromatic rings. The van der Waals surface area contributed by atoms with Crippen LogP contribution in [0.1, 0.15) is 44.7 Å². The van der Waals surface area contributed by atoms with E-state index in [-0.39, 0.29) is 11.5 Å². The topological polar surface area (TPSA) is 49.7 Å². The van der Waals surface area contributed by atoms with E-state index < -0.39 is 0 Å². The molecule has 2 N–H and O–H groups in total. The monoisotopic (exact) mass is 238 g/mol. The van der Waals surface area contributed by atoms with Gasteiger partial charge >= 0.3 is 0 Å². The summed E-state index contributed by atoms with van der Waals surface area (Å²) in [5.74, 6) is 0.240. The first kappa shape index (κ1) is 13.7. The molecular weight excluding hydrogens is 216 g/mol. The first-order valence-corrected chi connectivity index (χ1v) is 6.35. The fourth-order valence-corrected chi connectivity index (χ4v) is 2.04. The van der Waals surface area contributed by atoms with Crippen LogP contribution in [-0.4, -0.2) is 16.8 Å². The fraction of sp³-hybridized carbons (Fsp3) is 0.571. The van der Waals surface area contributed by atoms with Crippen LogP contribution < -0.4 is 4.74 Å². The van der Waals surface area contributed by atoms with Crippen molar-refractivity contribution in [2.45, 2.75) is 46.5 Å². The van der Waals surface area contributed by atoms with Gasteiger partial charge in [0, 0.05) is 5.56 Å². The quantitative estimate of drug-likeness (QED) is 0.747. The lowest BCUT2D eigenvalue weighted by Gasteiger charge is -2.16. The van der Waals surface area contributed by atoms with Crippen molar-refractivity contribution in [3.05, 3.63) is 17.2 Å². The van der Waals surface area contributed by atoms with Crippen LogP contribution in [0.5, 0.6) is 17.2 Å². The summed E-state index contributed by atoms with van der Waals surface area (Å²) in [5.41, 5.74) is 2.11. The van der Waals surface area contributed by atoms with E-state index in [4.69, 9.17) is 4.74 Å². The molecule has 17 heavy (non-hydrogen) atoms. The van der Waals surface area contributed by atoms with E-state index in [1.165, 1.54) is 0 Å². The molecule has 0 aliphatic rings. The number of hydrogen-bond donors (Lipinski definition) is 2. The zero-order valence-corrected chi connectivity index (χ0v) is 10.9. The van der Waals surface area contributed by atoms with Gasteiger partial charge in [0.05, 0.1) is 6.61 Å². The van der Waals surface area contributed by atoms with Gasteiger partial charge in [-0.25, -0.2) is 0 Å². The summed E-state index contributed by atoms with van der Waals surface area (Å²) in [5, 5.41) is 19.6. The van der Waals surface area contributed by atoms with Gasteiger partial charge in [0.2, 0.25) is 5.75 Å². The third-order valence-corrected chi connectivity index (χ3v) is 2.74. The number of aromatic hydroxyl groups is 2. The molecule has 0 aromatic heterocycles. The van der Waals surface area contributed by atoms with Crippen molar-refractivity contribution in [2.75, 3.05) is 6.61 Å². The van der Waals surface area contributed by atoms with E-state index in [9.17, 15) is 10.2 Å². The zero-order valence-electron chi connectivity index (χ0n) is 10.9. The van der Waals surface area contributed by atoms with E-state index in [1.54, 1.807) is 6.07 Å². The van der Waals surface area contributed by atoms with Crippen LogP contribution in [0.25, 0.3) is 0 Å². The van der Waals surface area contributed by atoms with Crippen LogP contribution in [0.3, 0.4) is 0 Å². The van der Waals surface area contributed by atoms with E-state index >= 15 is 0 Å². The highest BCUT2D eigenvalue weighted by molar-refractivity contribution is 5.57. The molecule has 3 nitrogen and oxygen atoms in total. The first-order valence-electron chi connectivity index (χ1n) is 6.35. The number of benzene rings is 1. The Balaban J connectivity index is 3.29. The van der Waals surface area contributed by atoms with Crippen molar-refractivity contribution in [3.63, 3.8) is 0 Å². The Morgan fingerprint density at radius 1 is 1.06 bits per heavy atom. The first-order chi connectivity index (χ1) is 8.15. The maximum atomic E-state index is 9.85. The minimum atomic E-state index is -0.129. The molecular formula is C14H22O3. The van der Waals surface area contributed by atoms with Crippen LogP contribution in [0, 0.1) is 0 Å². The summed E-state index contributed by atoms with van der Waals surface area (Å²) in [4.78, 5) is 0. The lowest BCUT2D eigenvalue weighted by atomic mass is 9.97. The van der Waals surface area contributed by atoms with Gasteiger partial charge in [-0.15, -0.1) is 0 Å². The van der Waals surface area contributed by atoms with Crippen LogP contribution in [0.4, 0.5) is 0 Å². The molecule has 1 aromatic carbocycles. The molecule has 0 bridgehead atoms. The summed E-state index contributed by atoms with van der Waals surface area (Å²) in [6.45, 7) is 6.55. The van der Waals surface area contributed by atoms with E-state index in [2.05, 4.69) is 13.8 Å². The molecule has 0 radical (unpaired) electrons. The Hall–Kier alpha value is -1.38. The number of phenolic OH excluding ortho intramolecular Hbond substituents is 2. The number of ether oxygens (including phenoxy) is 1. The van der Waals surface area contributed by atoms with Crippen molar-refractivity contribution in [2.24, 2.45) is 0 Å². The molecule has 96 valence electrons. The van der Waals surface area contributed by atoms with Gasteiger partial charge in [0.25, 0.3) is 0 Å². The Bertz CT molecular complexity index is 372. The minimum absolute atomic E-state index is 0.0863. The number of rotatable bonds is 6. The molecule has 1 rings (SSSR count). The Morgan fingerprint density at radius 2 is 1.71 bits per heavy atom. The lowest BCUT2D eigenvalue weighted by Crippen LogP contribution is -2.02. The molecule has 0 amide bonds. The molecule has 0 saturated carbocycles. The highest BCUT2D eigenvalue weighted by atomic mass is 16.5. The van der Waals surface area contributed by atoms with Crippen molar-refractivity contribution >= 4 is 0 Å². The van der Waals surface area contributed by atoms with Gasteiger partial charge in [0.15, 0.2) is 11.5 Å². The van der Waals surface area contributed by atoms with Crippen molar-refractivity contribution < 1.29 is 14.9 Å². The van der Waals surface area contributed by atoms with Crippen molar-refractivity contribution in [1.82, 2.24) is 0 Å². The maximum Gasteiger partial charge on any atom is 0.200 e. The van der Waals surface area contributed by atoms with Gasteiger partial charge in [-0.05, 0) is 31.4 Å². The molecule has 3 heteroatoms. The summed E-state index contributed by atoms with van der Waals surface area (Å²) >= 11 is 0. The standard InChI is InChI=1S/C14H22O3/c1-4-7-10-9-12(15)13(16)14(17-6-3)11(10)8-5-2/h9,15-16H,4-8H2,1-3H3. The Labute approximate surface area is 103 Å². The second kappa shape index (κ2) is 6.38. The molecule has 0 heterocycles. The largest absolute Gasteiger partial charge is 0.504 e. The zero-order chi connectivity index (χ0) is 12.8. The van der Waals surface area contributed by atoms with Crippen LogP contribution in [0.2, 0.25) is 0 Å². The highest BCUT2D eigenvalue weighted by Gasteiger charge is 2.17. The van der Waals surface area contributed by atoms with Crippen molar-refractivity contribution in [3.8, 4) is 17.2 Å². The molecule has 0 saturated heterocycles. The summed E-state index contributed by atoms with van der Waals surface area (Å²) in [7, 11) is 0. The normalized spacial score (nSPS) is 10.5. The smallest absolute Gasteiger partial charge is 0.200 e. The van der Waals surface area contributed by atoms with Gasteiger partial charge in [-0.1, -0.05) is 26.7 Å². The van der Waals surface area contributed by atoms with Crippen molar-refractivity contribution in [1.29, 1.82) is 0 Å². The Morgan fingerprint density at radius 3 is 2.24 bits per heavy atom. The van der Waals surface area contributed by atoms with Gasteiger partial charge in [-0.2, -0.15) is 0 Å². The van der Waals surface area contributed by atoms with Crippen LogP contribution >= 0.6 is 0 Å².